The van der Waals surface area contributed by atoms with Crippen molar-refractivity contribution in [3.05, 3.63) is 29.3 Å². The van der Waals surface area contributed by atoms with Crippen molar-refractivity contribution in [3.63, 3.8) is 0 Å². The molecular formula is C13H16N2O. The summed E-state index contributed by atoms with van der Waals surface area (Å²) in [6.07, 6.45) is 1.00. The molecule has 0 aliphatic rings. The number of ketones is 1. The smallest absolute Gasteiger partial charge is 0.161 e. The van der Waals surface area contributed by atoms with Gasteiger partial charge in [-0.05, 0) is 31.5 Å². The molecular weight excluding hydrogens is 200 g/mol. The van der Waals surface area contributed by atoms with Gasteiger partial charge in [-0.15, -0.1) is 0 Å². The van der Waals surface area contributed by atoms with Crippen LogP contribution in [0.1, 0.15) is 36.2 Å². The predicted octanol–water partition coefficient (Wildman–Crippen LogP) is 2.61. The van der Waals surface area contributed by atoms with E-state index in [1.165, 1.54) is 0 Å². The number of anilines is 1. The zero-order chi connectivity index (χ0) is 12.1. The SMILES string of the molecule is CCCN(C)c1cc(C#N)ccc1C(C)=O. The zero-order valence-electron chi connectivity index (χ0n) is 9.95. The number of carbonyl (C=O) groups is 1. The number of hydrogen-bond acceptors (Lipinski definition) is 3. The third-order valence-corrected chi connectivity index (χ3v) is 2.48. The van der Waals surface area contributed by atoms with E-state index in [1.54, 1.807) is 25.1 Å². The molecule has 0 heterocycles. The molecule has 84 valence electrons. The molecule has 0 saturated carbocycles. The van der Waals surface area contributed by atoms with Crippen LogP contribution in [0.15, 0.2) is 18.2 Å². The topological polar surface area (TPSA) is 44.1 Å². The molecule has 0 aliphatic heterocycles. The lowest BCUT2D eigenvalue weighted by Gasteiger charge is -2.21. The van der Waals surface area contributed by atoms with Gasteiger partial charge in [-0.2, -0.15) is 5.26 Å². The van der Waals surface area contributed by atoms with Gasteiger partial charge in [0.2, 0.25) is 0 Å². The Labute approximate surface area is 96.3 Å². The first-order valence-electron chi connectivity index (χ1n) is 5.36. The first kappa shape index (κ1) is 12.3. The lowest BCUT2D eigenvalue weighted by molar-refractivity contribution is 0.101. The molecule has 3 heteroatoms. The number of carbonyl (C=O) groups excluding carboxylic acids is 1. The molecule has 0 aromatic heterocycles. The Morgan fingerprint density at radius 2 is 2.19 bits per heavy atom. The molecule has 0 N–H and O–H groups in total. The summed E-state index contributed by atoms with van der Waals surface area (Å²) in [5.74, 6) is 0.0300. The molecule has 0 unspecified atom stereocenters. The Hall–Kier alpha value is -1.82. The Morgan fingerprint density at radius 1 is 1.50 bits per heavy atom. The van der Waals surface area contributed by atoms with E-state index in [4.69, 9.17) is 5.26 Å². The van der Waals surface area contributed by atoms with E-state index in [1.807, 2.05) is 11.9 Å². The third-order valence-electron chi connectivity index (χ3n) is 2.48. The highest BCUT2D eigenvalue weighted by molar-refractivity contribution is 5.99. The van der Waals surface area contributed by atoms with E-state index < -0.39 is 0 Å². The fourth-order valence-corrected chi connectivity index (χ4v) is 1.67. The highest BCUT2D eigenvalue weighted by Gasteiger charge is 2.11. The fourth-order valence-electron chi connectivity index (χ4n) is 1.67. The van der Waals surface area contributed by atoms with Crippen LogP contribution >= 0.6 is 0 Å². The highest BCUT2D eigenvalue weighted by Crippen LogP contribution is 2.22. The standard InChI is InChI=1S/C13H16N2O/c1-4-7-15(3)13-8-11(9-14)5-6-12(13)10(2)16/h5-6,8H,4,7H2,1-3H3. The summed E-state index contributed by atoms with van der Waals surface area (Å²) in [7, 11) is 1.94. The summed E-state index contributed by atoms with van der Waals surface area (Å²) in [4.78, 5) is 13.5. The van der Waals surface area contributed by atoms with E-state index >= 15 is 0 Å². The van der Waals surface area contributed by atoms with Crippen molar-refractivity contribution in [1.29, 1.82) is 5.26 Å². The Kier molecular flexibility index (Phi) is 4.07. The molecule has 0 amide bonds. The number of rotatable bonds is 4. The van der Waals surface area contributed by atoms with Crippen LogP contribution in [0.25, 0.3) is 0 Å². The van der Waals surface area contributed by atoms with Gasteiger partial charge in [0.05, 0.1) is 11.6 Å². The van der Waals surface area contributed by atoms with E-state index in [-0.39, 0.29) is 5.78 Å². The van der Waals surface area contributed by atoms with E-state index in [2.05, 4.69) is 13.0 Å². The van der Waals surface area contributed by atoms with E-state index in [0.717, 1.165) is 18.7 Å². The van der Waals surface area contributed by atoms with Gasteiger partial charge in [-0.1, -0.05) is 6.92 Å². The first-order chi connectivity index (χ1) is 7.60. The maximum atomic E-state index is 11.5. The average Bonchev–Trinajstić information content (AvgIpc) is 2.28. The number of Topliss-reactive ketones (excluding diaryl/α,β-unsaturated/α-hetero) is 1. The van der Waals surface area contributed by atoms with Crippen LogP contribution in [0, 0.1) is 11.3 Å². The fraction of sp³-hybridized carbons (Fsp3) is 0.385. The van der Waals surface area contributed by atoms with Crippen molar-refractivity contribution in [2.75, 3.05) is 18.5 Å². The van der Waals surface area contributed by atoms with Crippen molar-refractivity contribution in [1.82, 2.24) is 0 Å². The predicted molar refractivity (Wildman–Crippen MR) is 64.7 cm³/mol. The molecule has 0 aliphatic carbocycles. The molecule has 16 heavy (non-hydrogen) atoms. The minimum absolute atomic E-state index is 0.0300. The summed E-state index contributed by atoms with van der Waals surface area (Å²) >= 11 is 0. The lowest BCUT2D eigenvalue weighted by atomic mass is 10.1. The molecule has 0 spiro atoms. The van der Waals surface area contributed by atoms with Crippen LogP contribution in [-0.4, -0.2) is 19.4 Å². The van der Waals surface area contributed by atoms with Crippen molar-refractivity contribution in [2.24, 2.45) is 0 Å². The molecule has 0 saturated heterocycles. The van der Waals surface area contributed by atoms with Gasteiger partial charge in [0.15, 0.2) is 5.78 Å². The van der Waals surface area contributed by atoms with Crippen LogP contribution in [0.3, 0.4) is 0 Å². The number of nitrogens with zero attached hydrogens (tertiary/aromatic N) is 2. The van der Waals surface area contributed by atoms with Gasteiger partial charge in [-0.25, -0.2) is 0 Å². The van der Waals surface area contributed by atoms with Crippen LogP contribution in [0.4, 0.5) is 5.69 Å². The minimum Gasteiger partial charge on any atom is -0.374 e. The number of nitriles is 1. The number of hydrogen-bond donors (Lipinski definition) is 0. The van der Waals surface area contributed by atoms with Crippen LogP contribution < -0.4 is 4.90 Å². The summed E-state index contributed by atoms with van der Waals surface area (Å²) in [5, 5.41) is 8.85. The quantitative estimate of drug-likeness (QED) is 0.727. The second kappa shape index (κ2) is 5.32. The molecule has 3 nitrogen and oxygen atoms in total. The van der Waals surface area contributed by atoms with Gasteiger partial charge < -0.3 is 4.90 Å². The molecule has 0 fully saturated rings. The Morgan fingerprint density at radius 3 is 2.69 bits per heavy atom. The van der Waals surface area contributed by atoms with Gasteiger partial charge in [0.1, 0.15) is 0 Å². The maximum absolute atomic E-state index is 11.5. The Balaban J connectivity index is 3.21. The molecule has 1 rings (SSSR count). The van der Waals surface area contributed by atoms with E-state index in [0.29, 0.717) is 11.1 Å². The first-order valence-corrected chi connectivity index (χ1v) is 5.36. The van der Waals surface area contributed by atoms with Crippen LogP contribution in [0.5, 0.6) is 0 Å². The lowest BCUT2D eigenvalue weighted by Crippen LogP contribution is -2.20. The van der Waals surface area contributed by atoms with Crippen molar-refractivity contribution in [2.45, 2.75) is 20.3 Å². The summed E-state index contributed by atoms with van der Waals surface area (Å²) in [5.41, 5.74) is 2.10. The number of benzene rings is 1. The largest absolute Gasteiger partial charge is 0.374 e. The monoisotopic (exact) mass is 216 g/mol. The molecule has 1 aromatic carbocycles. The highest BCUT2D eigenvalue weighted by atomic mass is 16.1. The average molecular weight is 216 g/mol. The van der Waals surface area contributed by atoms with Crippen molar-refractivity contribution in [3.8, 4) is 6.07 Å². The van der Waals surface area contributed by atoms with E-state index in [9.17, 15) is 4.79 Å². The maximum Gasteiger partial charge on any atom is 0.161 e. The molecule has 0 radical (unpaired) electrons. The van der Waals surface area contributed by atoms with Crippen molar-refractivity contribution < 1.29 is 4.79 Å². The van der Waals surface area contributed by atoms with Gasteiger partial charge >= 0.3 is 0 Å². The normalized spacial score (nSPS) is 9.62. The van der Waals surface area contributed by atoms with Crippen LogP contribution in [-0.2, 0) is 0 Å². The third kappa shape index (κ3) is 2.60. The zero-order valence-corrected chi connectivity index (χ0v) is 9.95. The van der Waals surface area contributed by atoms with Gasteiger partial charge in [0, 0.05) is 24.8 Å². The van der Waals surface area contributed by atoms with Crippen molar-refractivity contribution >= 4 is 11.5 Å². The van der Waals surface area contributed by atoms with Crippen LogP contribution in [0.2, 0.25) is 0 Å². The summed E-state index contributed by atoms with van der Waals surface area (Å²) in [6, 6.07) is 7.27. The molecule has 0 bridgehead atoms. The minimum atomic E-state index is 0.0300. The second-order valence-corrected chi connectivity index (χ2v) is 3.82. The summed E-state index contributed by atoms with van der Waals surface area (Å²) in [6.45, 7) is 4.50. The molecule has 0 atom stereocenters. The van der Waals surface area contributed by atoms with Gasteiger partial charge in [-0.3, -0.25) is 4.79 Å². The molecule has 1 aromatic rings. The Bertz CT molecular complexity index is 432. The van der Waals surface area contributed by atoms with Gasteiger partial charge in [0.25, 0.3) is 0 Å². The second-order valence-electron chi connectivity index (χ2n) is 3.82. The summed E-state index contributed by atoms with van der Waals surface area (Å²) < 4.78 is 0.